The molecule has 25 heavy (non-hydrogen) atoms. The van der Waals surface area contributed by atoms with Crippen molar-refractivity contribution in [3.63, 3.8) is 0 Å². The van der Waals surface area contributed by atoms with E-state index in [1.54, 1.807) is 13.2 Å². The van der Waals surface area contributed by atoms with Gasteiger partial charge in [-0.1, -0.05) is 6.07 Å². The van der Waals surface area contributed by atoms with Gasteiger partial charge in [0.2, 0.25) is 0 Å². The van der Waals surface area contributed by atoms with E-state index < -0.39 is 11.2 Å². The number of aromatic nitrogens is 3. The van der Waals surface area contributed by atoms with E-state index in [2.05, 4.69) is 9.88 Å². The van der Waals surface area contributed by atoms with Crippen molar-refractivity contribution in [3.05, 3.63) is 56.5 Å². The van der Waals surface area contributed by atoms with Crippen LogP contribution in [0.4, 0.5) is 5.82 Å². The lowest BCUT2D eigenvalue weighted by Crippen LogP contribution is -2.50. The first-order valence-electron chi connectivity index (χ1n) is 8.10. The third kappa shape index (κ3) is 3.19. The molecule has 0 saturated carbocycles. The molecule has 2 aromatic heterocycles. The van der Waals surface area contributed by atoms with Gasteiger partial charge in [0.15, 0.2) is 5.56 Å². The predicted molar refractivity (Wildman–Crippen MR) is 93.4 cm³/mol. The lowest BCUT2D eigenvalue weighted by molar-refractivity contribution is 0.246. The summed E-state index contributed by atoms with van der Waals surface area (Å²) in [5, 5.41) is 9.39. The lowest BCUT2D eigenvalue weighted by Gasteiger charge is -2.36. The highest BCUT2D eigenvalue weighted by molar-refractivity contribution is 5.53. The third-order valence-corrected chi connectivity index (χ3v) is 4.53. The van der Waals surface area contributed by atoms with Crippen LogP contribution < -0.4 is 16.1 Å². The molecule has 0 aliphatic carbocycles. The van der Waals surface area contributed by atoms with Crippen LogP contribution in [-0.4, -0.2) is 45.2 Å². The molecule has 0 unspecified atom stereocenters. The second kappa shape index (κ2) is 6.91. The second-order valence-electron chi connectivity index (χ2n) is 6.10. The zero-order valence-corrected chi connectivity index (χ0v) is 14.3. The molecular formula is C17H20N6O2. The van der Waals surface area contributed by atoms with Crippen molar-refractivity contribution in [1.82, 2.24) is 19.0 Å². The van der Waals surface area contributed by atoms with Gasteiger partial charge in [-0.2, -0.15) is 5.26 Å². The van der Waals surface area contributed by atoms with Crippen LogP contribution >= 0.6 is 0 Å². The van der Waals surface area contributed by atoms with Crippen molar-refractivity contribution < 1.29 is 0 Å². The maximum atomic E-state index is 12.2. The van der Waals surface area contributed by atoms with Crippen molar-refractivity contribution in [1.29, 1.82) is 5.26 Å². The first kappa shape index (κ1) is 16.9. The Morgan fingerprint density at radius 3 is 2.44 bits per heavy atom. The molecule has 0 spiro atoms. The van der Waals surface area contributed by atoms with Gasteiger partial charge in [-0.3, -0.25) is 23.8 Å². The molecule has 8 nitrogen and oxygen atoms in total. The monoisotopic (exact) mass is 340 g/mol. The summed E-state index contributed by atoms with van der Waals surface area (Å²) in [7, 11) is 2.98. The van der Waals surface area contributed by atoms with Crippen molar-refractivity contribution in [3.8, 4) is 6.07 Å². The fraction of sp³-hybridized carbons (Fsp3) is 0.412. The number of hydrogen-bond acceptors (Lipinski definition) is 6. The minimum Gasteiger partial charge on any atom is -0.354 e. The van der Waals surface area contributed by atoms with Gasteiger partial charge in [0.05, 0.1) is 5.69 Å². The van der Waals surface area contributed by atoms with Crippen LogP contribution in [0.1, 0.15) is 11.3 Å². The highest BCUT2D eigenvalue weighted by Gasteiger charge is 2.24. The molecule has 130 valence electrons. The molecule has 8 heteroatoms. The van der Waals surface area contributed by atoms with E-state index in [9.17, 15) is 14.9 Å². The maximum absolute atomic E-state index is 12.2. The van der Waals surface area contributed by atoms with E-state index in [4.69, 9.17) is 0 Å². The Morgan fingerprint density at radius 2 is 1.84 bits per heavy atom. The Morgan fingerprint density at radius 1 is 1.12 bits per heavy atom. The Kier molecular flexibility index (Phi) is 4.67. The predicted octanol–water partition coefficient (Wildman–Crippen LogP) is -0.327. The Bertz CT molecular complexity index is 917. The van der Waals surface area contributed by atoms with E-state index in [0.29, 0.717) is 18.9 Å². The fourth-order valence-corrected chi connectivity index (χ4v) is 3.14. The van der Waals surface area contributed by atoms with E-state index >= 15 is 0 Å². The molecule has 1 fully saturated rings. The first-order valence-corrected chi connectivity index (χ1v) is 8.10. The van der Waals surface area contributed by atoms with Crippen LogP contribution in [0.2, 0.25) is 0 Å². The number of nitrogens with zero attached hydrogens (tertiary/aromatic N) is 6. The van der Waals surface area contributed by atoms with Gasteiger partial charge < -0.3 is 4.90 Å². The molecule has 0 aromatic carbocycles. The fourth-order valence-electron chi connectivity index (χ4n) is 3.14. The van der Waals surface area contributed by atoms with Crippen LogP contribution in [0, 0.1) is 11.3 Å². The summed E-state index contributed by atoms with van der Waals surface area (Å²) in [6.07, 6.45) is 1.78. The van der Waals surface area contributed by atoms with Gasteiger partial charge in [0, 0.05) is 53.0 Å². The number of piperazine rings is 1. The van der Waals surface area contributed by atoms with Gasteiger partial charge in [0.1, 0.15) is 11.9 Å². The smallest absolute Gasteiger partial charge is 0.332 e. The lowest BCUT2D eigenvalue weighted by atomic mass is 10.2. The molecule has 0 atom stereocenters. The topological polar surface area (TPSA) is 87.2 Å². The number of nitriles is 1. The SMILES string of the molecule is Cn1c(N2CCN(Cc3ccccn3)CC2)c(C#N)c(=O)n(C)c1=O. The molecule has 3 heterocycles. The highest BCUT2D eigenvalue weighted by atomic mass is 16.2. The zero-order valence-electron chi connectivity index (χ0n) is 14.3. The van der Waals surface area contributed by atoms with Gasteiger partial charge in [-0.25, -0.2) is 4.79 Å². The molecule has 1 aliphatic heterocycles. The summed E-state index contributed by atoms with van der Waals surface area (Å²) in [6.45, 7) is 3.58. The summed E-state index contributed by atoms with van der Waals surface area (Å²) in [5.74, 6) is 0.410. The minimum atomic E-state index is -0.545. The number of hydrogen-bond donors (Lipinski definition) is 0. The Balaban J connectivity index is 1.81. The van der Waals surface area contributed by atoms with Crippen molar-refractivity contribution in [2.24, 2.45) is 14.1 Å². The van der Waals surface area contributed by atoms with Crippen LogP contribution in [0.15, 0.2) is 34.0 Å². The largest absolute Gasteiger partial charge is 0.354 e. The summed E-state index contributed by atoms with van der Waals surface area (Å²) < 4.78 is 2.35. The quantitative estimate of drug-likeness (QED) is 0.761. The van der Waals surface area contributed by atoms with E-state index in [-0.39, 0.29) is 5.56 Å². The average molecular weight is 340 g/mol. The molecule has 1 saturated heterocycles. The molecule has 0 N–H and O–H groups in total. The Labute approximate surface area is 145 Å². The maximum Gasteiger partial charge on any atom is 0.332 e. The molecule has 0 amide bonds. The number of anilines is 1. The first-order chi connectivity index (χ1) is 12.0. The highest BCUT2D eigenvalue weighted by Crippen LogP contribution is 2.17. The molecular weight excluding hydrogens is 320 g/mol. The number of pyridine rings is 1. The second-order valence-corrected chi connectivity index (χ2v) is 6.10. The van der Waals surface area contributed by atoms with Crippen LogP contribution in [0.5, 0.6) is 0 Å². The van der Waals surface area contributed by atoms with E-state index in [1.165, 1.54) is 11.6 Å². The van der Waals surface area contributed by atoms with Crippen LogP contribution in [-0.2, 0) is 20.6 Å². The number of rotatable bonds is 3. The standard InChI is InChI=1S/C17H20N6O2/c1-20-15(14(11-18)16(24)21(2)17(20)25)23-9-7-22(8-10-23)12-13-5-3-4-6-19-13/h3-6H,7-10,12H2,1-2H3. The van der Waals surface area contributed by atoms with Crippen molar-refractivity contribution in [2.45, 2.75) is 6.54 Å². The average Bonchev–Trinajstić information content (AvgIpc) is 2.64. The van der Waals surface area contributed by atoms with Crippen LogP contribution in [0.25, 0.3) is 0 Å². The summed E-state index contributed by atoms with van der Waals surface area (Å²) in [6, 6.07) is 7.81. The minimum absolute atomic E-state index is 0.0165. The van der Waals surface area contributed by atoms with Crippen molar-refractivity contribution >= 4 is 5.82 Å². The Hall–Kier alpha value is -2.92. The van der Waals surface area contributed by atoms with Crippen LogP contribution in [0.3, 0.4) is 0 Å². The van der Waals surface area contributed by atoms with Crippen molar-refractivity contribution in [2.75, 3.05) is 31.1 Å². The summed E-state index contributed by atoms with van der Waals surface area (Å²) in [5.41, 5.74) is 0.0591. The van der Waals surface area contributed by atoms with Gasteiger partial charge in [0.25, 0.3) is 5.56 Å². The molecule has 0 radical (unpaired) electrons. The van der Waals surface area contributed by atoms with E-state index in [1.807, 2.05) is 29.2 Å². The summed E-state index contributed by atoms with van der Waals surface area (Å²) in [4.78, 5) is 33.0. The van der Waals surface area contributed by atoms with Gasteiger partial charge >= 0.3 is 5.69 Å². The van der Waals surface area contributed by atoms with E-state index in [0.717, 1.165) is 29.9 Å². The molecule has 2 aromatic rings. The molecule has 1 aliphatic rings. The summed E-state index contributed by atoms with van der Waals surface area (Å²) >= 11 is 0. The third-order valence-electron chi connectivity index (χ3n) is 4.53. The molecule has 0 bridgehead atoms. The van der Waals surface area contributed by atoms with Gasteiger partial charge in [-0.05, 0) is 12.1 Å². The zero-order chi connectivity index (χ0) is 18.0. The van der Waals surface area contributed by atoms with Gasteiger partial charge in [-0.15, -0.1) is 0 Å². The normalized spacial score (nSPS) is 15.2. The molecule has 3 rings (SSSR count).